The summed E-state index contributed by atoms with van der Waals surface area (Å²) in [6.07, 6.45) is 1.42. The van der Waals surface area contributed by atoms with E-state index >= 15 is 0 Å². The number of carbonyl (C=O) groups is 2. The van der Waals surface area contributed by atoms with E-state index in [9.17, 15) is 9.59 Å². The maximum atomic E-state index is 12.4. The fraction of sp³-hybridized carbons (Fsp3) is 0.529. The summed E-state index contributed by atoms with van der Waals surface area (Å²) in [6, 6.07) is 7.35. The van der Waals surface area contributed by atoms with E-state index in [2.05, 4.69) is 11.4 Å². The van der Waals surface area contributed by atoms with Gasteiger partial charge in [0.15, 0.2) is 0 Å². The Morgan fingerprint density at radius 3 is 2.59 bits per heavy atom. The van der Waals surface area contributed by atoms with Crippen molar-refractivity contribution < 1.29 is 14.3 Å². The summed E-state index contributed by atoms with van der Waals surface area (Å²) in [5.74, 6) is -0.0917. The van der Waals surface area contributed by atoms with Gasteiger partial charge in [-0.3, -0.25) is 0 Å². The molecule has 5 heteroatoms. The second-order valence-corrected chi connectivity index (χ2v) is 6.10. The number of rotatable bonds is 4. The molecule has 0 radical (unpaired) electrons. The molecule has 5 nitrogen and oxygen atoms in total. The first-order valence-electron chi connectivity index (χ1n) is 7.71. The first-order valence-corrected chi connectivity index (χ1v) is 7.71. The van der Waals surface area contributed by atoms with Crippen LogP contribution in [0.5, 0.6) is 0 Å². The van der Waals surface area contributed by atoms with E-state index in [0.29, 0.717) is 25.4 Å². The Labute approximate surface area is 131 Å². The Morgan fingerprint density at radius 1 is 1.27 bits per heavy atom. The highest BCUT2D eigenvalue weighted by atomic mass is 16.5. The molecule has 2 amide bonds. The zero-order valence-corrected chi connectivity index (χ0v) is 13.5. The van der Waals surface area contributed by atoms with Crippen molar-refractivity contribution in [1.82, 2.24) is 10.2 Å². The number of benzene rings is 1. The molecule has 120 valence electrons. The SMILES string of the molecule is COC(=O)C(CC(C)C)NC(=O)N1CCc2ccccc2C1. The lowest BCUT2D eigenvalue weighted by Gasteiger charge is -2.30. The van der Waals surface area contributed by atoms with Crippen molar-refractivity contribution in [2.24, 2.45) is 5.92 Å². The Balaban J connectivity index is 2.00. The van der Waals surface area contributed by atoms with Crippen LogP contribution < -0.4 is 5.32 Å². The molecule has 0 bridgehead atoms. The lowest BCUT2D eigenvalue weighted by molar-refractivity contribution is -0.143. The molecule has 1 N–H and O–H groups in total. The standard InChI is InChI=1S/C17H24N2O3/c1-12(2)10-15(16(20)22-3)18-17(21)19-9-8-13-6-4-5-7-14(13)11-19/h4-7,12,15H,8-11H2,1-3H3,(H,18,21). The monoisotopic (exact) mass is 304 g/mol. The van der Waals surface area contributed by atoms with Gasteiger partial charge in [-0.05, 0) is 29.9 Å². The van der Waals surface area contributed by atoms with Crippen LogP contribution >= 0.6 is 0 Å². The van der Waals surface area contributed by atoms with Crippen molar-refractivity contribution >= 4 is 12.0 Å². The van der Waals surface area contributed by atoms with Crippen LogP contribution in [0.15, 0.2) is 24.3 Å². The van der Waals surface area contributed by atoms with Crippen molar-refractivity contribution in [1.29, 1.82) is 0 Å². The molecular weight excluding hydrogens is 280 g/mol. The third-order valence-corrected chi connectivity index (χ3v) is 3.91. The van der Waals surface area contributed by atoms with E-state index in [4.69, 9.17) is 4.74 Å². The van der Waals surface area contributed by atoms with Gasteiger partial charge >= 0.3 is 12.0 Å². The zero-order chi connectivity index (χ0) is 16.1. The summed E-state index contributed by atoms with van der Waals surface area (Å²) in [5.41, 5.74) is 2.46. The van der Waals surface area contributed by atoms with Gasteiger partial charge in [0.1, 0.15) is 6.04 Å². The van der Waals surface area contributed by atoms with Crippen LogP contribution in [0.2, 0.25) is 0 Å². The summed E-state index contributed by atoms with van der Waals surface area (Å²) < 4.78 is 4.79. The van der Waals surface area contributed by atoms with Crippen LogP contribution in [-0.4, -0.2) is 36.6 Å². The number of methoxy groups -OCH3 is 1. The van der Waals surface area contributed by atoms with E-state index in [-0.39, 0.29) is 12.0 Å². The molecule has 1 aromatic carbocycles. The average Bonchev–Trinajstić information content (AvgIpc) is 2.52. The molecule has 1 atom stereocenters. The van der Waals surface area contributed by atoms with Gasteiger partial charge in [0, 0.05) is 13.1 Å². The van der Waals surface area contributed by atoms with E-state index in [1.165, 1.54) is 18.2 Å². The number of urea groups is 1. The molecule has 0 saturated heterocycles. The van der Waals surface area contributed by atoms with Crippen molar-refractivity contribution in [3.8, 4) is 0 Å². The van der Waals surface area contributed by atoms with Crippen LogP contribution in [0.3, 0.4) is 0 Å². The molecule has 1 aromatic rings. The summed E-state index contributed by atoms with van der Waals surface area (Å²) >= 11 is 0. The molecule has 0 saturated carbocycles. The molecule has 0 aliphatic carbocycles. The third-order valence-electron chi connectivity index (χ3n) is 3.91. The minimum Gasteiger partial charge on any atom is -0.467 e. The molecule has 22 heavy (non-hydrogen) atoms. The second kappa shape index (κ2) is 7.29. The van der Waals surface area contributed by atoms with E-state index in [0.717, 1.165) is 6.42 Å². The lowest BCUT2D eigenvalue weighted by atomic mass is 10.00. The Bertz CT molecular complexity index is 542. The number of hydrogen-bond donors (Lipinski definition) is 1. The Kier molecular flexibility index (Phi) is 5.41. The number of fused-ring (bicyclic) bond motifs is 1. The maximum Gasteiger partial charge on any atom is 0.328 e. The lowest BCUT2D eigenvalue weighted by Crippen LogP contribution is -2.50. The fourth-order valence-electron chi connectivity index (χ4n) is 2.74. The molecule has 1 aliphatic rings. The number of nitrogens with zero attached hydrogens (tertiary/aromatic N) is 1. The number of esters is 1. The summed E-state index contributed by atoms with van der Waals surface area (Å²) in [5, 5.41) is 2.81. The predicted molar refractivity (Wildman–Crippen MR) is 84.3 cm³/mol. The van der Waals surface area contributed by atoms with Crippen LogP contribution in [0.1, 0.15) is 31.4 Å². The van der Waals surface area contributed by atoms with Gasteiger partial charge in [-0.2, -0.15) is 0 Å². The van der Waals surface area contributed by atoms with E-state index < -0.39 is 6.04 Å². The van der Waals surface area contributed by atoms with Crippen molar-refractivity contribution in [2.45, 2.75) is 39.3 Å². The highest BCUT2D eigenvalue weighted by Gasteiger charge is 2.26. The first-order chi connectivity index (χ1) is 10.5. The number of amides is 2. The molecule has 2 rings (SSSR count). The highest BCUT2D eigenvalue weighted by molar-refractivity contribution is 5.83. The quantitative estimate of drug-likeness (QED) is 0.869. The molecule has 1 unspecified atom stereocenters. The second-order valence-electron chi connectivity index (χ2n) is 6.10. The largest absolute Gasteiger partial charge is 0.467 e. The molecule has 1 heterocycles. The zero-order valence-electron chi connectivity index (χ0n) is 13.5. The predicted octanol–water partition coefficient (Wildman–Crippen LogP) is 2.34. The van der Waals surface area contributed by atoms with Gasteiger partial charge in [-0.15, -0.1) is 0 Å². The first kappa shape index (κ1) is 16.3. The smallest absolute Gasteiger partial charge is 0.328 e. The third kappa shape index (κ3) is 4.00. The molecule has 0 fully saturated rings. The number of hydrogen-bond acceptors (Lipinski definition) is 3. The Hall–Kier alpha value is -2.04. The van der Waals surface area contributed by atoms with Crippen LogP contribution in [0.4, 0.5) is 4.79 Å². The summed E-state index contributed by atoms with van der Waals surface area (Å²) in [4.78, 5) is 26.0. The van der Waals surface area contributed by atoms with E-state index in [1.54, 1.807) is 4.90 Å². The van der Waals surface area contributed by atoms with Crippen LogP contribution in [0, 0.1) is 5.92 Å². The molecule has 1 aliphatic heterocycles. The van der Waals surface area contributed by atoms with Crippen molar-refractivity contribution in [2.75, 3.05) is 13.7 Å². The molecular formula is C17H24N2O3. The number of nitrogens with one attached hydrogen (secondary N) is 1. The van der Waals surface area contributed by atoms with Crippen LogP contribution in [-0.2, 0) is 22.5 Å². The van der Waals surface area contributed by atoms with Crippen molar-refractivity contribution in [3.05, 3.63) is 35.4 Å². The minimum absolute atomic E-state index is 0.203. The van der Waals surface area contributed by atoms with Gasteiger partial charge in [0.2, 0.25) is 0 Å². The number of carbonyl (C=O) groups excluding carboxylic acids is 2. The summed E-state index contributed by atoms with van der Waals surface area (Å²) in [7, 11) is 1.35. The number of ether oxygens (including phenoxy) is 1. The summed E-state index contributed by atoms with van der Waals surface area (Å²) in [6.45, 7) is 5.27. The van der Waals surface area contributed by atoms with Gasteiger partial charge < -0.3 is 15.0 Å². The Morgan fingerprint density at radius 2 is 1.95 bits per heavy atom. The molecule has 0 aromatic heterocycles. The van der Waals surface area contributed by atoms with Crippen LogP contribution in [0.25, 0.3) is 0 Å². The average molecular weight is 304 g/mol. The van der Waals surface area contributed by atoms with Crippen molar-refractivity contribution in [3.63, 3.8) is 0 Å². The van der Waals surface area contributed by atoms with E-state index in [1.807, 2.05) is 32.0 Å². The maximum absolute atomic E-state index is 12.4. The van der Waals surface area contributed by atoms with Gasteiger partial charge in [-0.25, -0.2) is 9.59 Å². The minimum atomic E-state index is -0.588. The fourth-order valence-corrected chi connectivity index (χ4v) is 2.74. The topological polar surface area (TPSA) is 58.6 Å². The van der Waals surface area contributed by atoms with Gasteiger partial charge in [0.25, 0.3) is 0 Å². The molecule has 0 spiro atoms. The van der Waals surface area contributed by atoms with Gasteiger partial charge in [0.05, 0.1) is 7.11 Å². The highest BCUT2D eigenvalue weighted by Crippen LogP contribution is 2.18. The van der Waals surface area contributed by atoms with Gasteiger partial charge in [-0.1, -0.05) is 38.1 Å². The normalized spacial score (nSPS) is 15.2.